The minimum atomic E-state index is -0.370. The summed E-state index contributed by atoms with van der Waals surface area (Å²) in [5.41, 5.74) is 5.16. The highest BCUT2D eigenvalue weighted by Crippen LogP contribution is 2.51. The summed E-state index contributed by atoms with van der Waals surface area (Å²) in [6, 6.07) is 28.2. The van der Waals surface area contributed by atoms with E-state index in [1.54, 1.807) is 0 Å². The number of aromatic nitrogens is 1. The summed E-state index contributed by atoms with van der Waals surface area (Å²) in [5.74, 6) is 1.77. The Morgan fingerprint density at radius 3 is 2.33 bits per heavy atom. The summed E-state index contributed by atoms with van der Waals surface area (Å²) >= 11 is 4.35. The van der Waals surface area contributed by atoms with E-state index in [4.69, 9.17) is 9.47 Å². The molecule has 2 heterocycles. The number of aryl methyl sites for hydroxylation is 1. The van der Waals surface area contributed by atoms with Gasteiger partial charge in [0, 0.05) is 23.2 Å². The van der Waals surface area contributed by atoms with Crippen LogP contribution in [-0.2, 0) is 23.1 Å². The van der Waals surface area contributed by atoms with Crippen LogP contribution in [0.15, 0.2) is 96.0 Å². The lowest BCUT2D eigenvalue weighted by atomic mass is 9.87. The largest absolute Gasteiger partial charge is 0.454 e. The van der Waals surface area contributed by atoms with Crippen LogP contribution in [0.3, 0.4) is 0 Å². The van der Waals surface area contributed by atoms with Gasteiger partial charge in [0.1, 0.15) is 5.78 Å². The number of rotatable bonds is 7. The second kappa shape index (κ2) is 13.4. The Morgan fingerprint density at radius 1 is 0.872 bits per heavy atom. The lowest BCUT2D eigenvalue weighted by Gasteiger charge is -2.15. The molecule has 4 aromatic rings. The summed E-state index contributed by atoms with van der Waals surface area (Å²) < 4.78 is 10.9. The molecular formula is C32H35NO5S. The first-order chi connectivity index (χ1) is 18.1. The molecule has 2 aliphatic rings. The minimum absolute atomic E-state index is 0. The zero-order valence-electron chi connectivity index (χ0n) is 22.0. The first-order valence-electron chi connectivity index (χ1n) is 12.8. The van der Waals surface area contributed by atoms with Crippen LogP contribution >= 0.6 is 12.6 Å². The maximum absolute atomic E-state index is 13.2. The molecule has 0 saturated heterocycles. The second-order valence-electron chi connectivity index (χ2n) is 9.57. The number of ketones is 1. The van der Waals surface area contributed by atoms with Gasteiger partial charge in [0.25, 0.3) is 0 Å². The summed E-state index contributed by atoms with van der Waals surface area (Å²) in [5, 5.41) is 0. The van der Waals surface area contributed by atoms with Gasteiger partial charge in [0.2, 0.25) is 6.79 Å². The molecule has 6 nitrogen and oxygen atoms in total. The number of carbonyl (C=O) groups excluding carboxylic acids is 1. The molecule has 1 aliphatic heterocycles. The number of hydrogen-bond acceptors (Lipinski definition) is 5. The van der Waals surface area contributed by atoms with Crippen molar-refractivity contribution in [3.05, 3.63) is 108 Å². The Labute approximate surface area is 235 Å². The number of Topliss-reactive ketones (excluding diaryl/α,β-unsaturated/α-hetero) is 1. The number of benzene rings is 3. The predicted octanol–water partition coefficient (Wildman–Crippen LogP) is 5.60. The Bertz CT molecular complexity index is 1370. The third-order valence-electron chi connectivity index (χ3n) is 6.93. The van der Waals surface area contributed by atoms with E-state index in [0.29, 0.717) is 6.42 Å². The fraction of sp³-hybridized carbons (Fsp3) is 0.250. The Morgan fingerprint density at radius 2 is 1.64 bits per heavy atom. The molecule has 0 bridgehead atoms. The lowest BCUT2D eigenvalue weighted by molar-refractivity contribution is -0.120. The number of ether oxygens (including phenoxy) is 2. The zero-order chi connectivity index (χ0) is 25.7. The van der Waals surface area contributed by atoms with Crippen molar-refractivity contribution in [1.82, 2.24) is 4.98 Å². The summed E-state index contributed by atoms with van der Waals surface area (Å²) in [4.78, 5) is 18.3. The predicted molar refractivity (Wildman–Crippen MR) is 157 cm³/mol. The number of hydrogen-bond donors (Lipinski definition) is 1. The highest BCUT2D eigenvalue weighted by Gasteiger charge is 2.50. The third kappa shape index (κ3) is 7.06. The molecule has 1 fully saturated rings. The first-order valence-corrected chi connectivity index (χ1v) is 13.2. The van der Waals surface area contributed by atoms with Crippen molar-refractivity contribution in [2.45, 2.75) is 49.3 Å². The smallest absolute Gasteiger partial charge is 0.231 e. The maximum Gasteiger partial charge on any atom is 0.231 e. The van der Waals surface area contributed by atoms with Gasteiger partial charge >= 0.3 is 0 Å². The molecule has 0 spiro atoms. The van der Waals surface area contributed by atoms with Crippen molar-refractivity contribution in [1.29, 1.82) is 0 Å². The first kappa shape index (κ1) is 29.9. The Balaban J connectivity index is 0.000000329. The van der Waals surface area contributed by atoms with E-state index in [-0.39, 0.29) is 28.9 Å². The van der Waals surface area contributed by atoms with Crippen LogP contribution in [0.4, 0.5) is 0 Å². The molecule has 39 heavy (non-hydrogen) atoms. The molecule has 4 N–H and O–H groups in total. The van der Waals surface area contributed by atoms with Gasteiger partial charge in [0.05, 0.1) is 5.41 Å². The van der Waals surface area contributed by atoms with Crippen LogP contribution in [0.25, 0.3) is 11.1 Å². The van der Waals surface area contributed by atoms with E-state index < -0.39 is 0 Å². The monoisotopic (exact) mass is 545 g/mol. The van der Waals surface area contributed by atoms with Crippen LogP contribution in [0, 0.1) is 0 Å². The second-order valence-corrected chi connectivity index (χ2v) is 10.1. The van der Waals surface area contributed by atoms with Crippen LogP contribution in [0.2, 0.25) is 0 Å². The average molecular weight is 546 g/mol. The normalized spacial score (nSPS) is 13.7. The SMILES string of the molecule is CCCc1ccccn1.O.O.O=C(Cc1cccc(-c2ccc(S)cc2)c1)C1(c2ccc3c(c2)OCO3)CC1. The Kier molecular flexibility index (Phi) is 10.3. The molecule has 6 rings (SSSR count). The number of pyridine rings is 1. The summed E-state index contributed by atoms with van der Waals surface area (Å²) in [6.45, 7) is 2.41. The van der Waals surface area contributed by atoms with Crippen molar-refractivity contribution in [2.75, 3.05) is 6.79 Å². The molecular weight excluding hydrogens is 510 g/mol. The van der Waals surface area contributed by atoms with Crippen molar-refractivity contribution in [3.63, 3.8) is 0 Å². The number of carbonyl (C=O) groups is 1. The maximum atomic E-state index is 13.2. The number of fused-ring (bicyclic) bond motifs is 1. The molecule has 1 aromatic heterocycles. The van der Waals surface area contributed by atoms with Gasteiger partial charge in [-0.25, -0.2) is 0 Å². The van der Waals surface area contributed by atoms with E-state index in [0.717, 1.165) is 57.9 Å². The van der Waals surface area contributed by atoms with Crippen molar-refractivity contribution < 1.29 is 25.2 Å². The lowest BCUT2D eigenvalue weighted by Crippen LogP contribution is -2.22. The van der Waals surface area contributed by atoms with E-state index in [1.165, 1.54) is 12.1 Å². The number of nitrogens with zero attached hydrogens (tertiary/aromatic N) is 1. The van der Waals surface area contributed by atoms with Gasteiger partial charge in [-0.05, 0) is 77.9 Å². The van der Waals surface area contributed by atoms with Crippen LogP contribution < -0.4 is 9.47 Å². The molecule has 0 amide bonds. The molecule has 0 unspecified atom stereocenters. The highest BCUT2D eigenvalue weighted by molar-refractivity contribution is 7.80. The van der Waals surface area contributed by atoms with Crippen molar-refractivity contribution in [2.24, 2.45) is 0 Å². The quantitative estimate of drug-likeness (QED) is 0.305. The van der Waals surface area contributed by atoms with Crippen molar-refractivity contribution >= 4 is 18.4 Å². The van der Waals surface area contributed by atoms with Gasteiger partial charge < -0.3 is 20.4 Å². The average Bonchev–Trinajstić information content (AvgIpc) is 3.61. The van der Waals surface area contributed by atoms with Gasteiger partial charge in [-0.1, -0.05) is 61.9 Å². The van der Waals surface area contributed by atoms with Gasteiger partial charge in [-0.2, -0.15) is 0 Å². The van der Waals surface area contributed by atoms with E-state index >= 15 is 0 Å². The molecule has 7 heteroatoms. The van der Waals surface area contributed by atoms with Gasteiger partial charge in [-0.3, -0.25) is 9.78 Å². The number of thiol groups is 1. The molecule has 1 saturated carbocycles. The highest BCUT2D eigenvalue weighted by atomic mass is 32.1. The van der Waals surface area contributed by atoms with E-state index in [2.05, 4.69) is 54.9 Å². The minimum Gasteiger partial charge on any atom is -0.454 e. The zero-order valence-corrected chi connectivity index (χ0v) is 22.9. The fourth-order valence-electron chi connectivity index (χ4n) is 4.72. The standard InChI is InChI=1S/C24H20O3S.C8H11N.2H2O/c25-23(24(10-11-24)19-6-9-21-22(14-19)27-15-26-21)13-16-2-1-3-18(12-16)17-4-7-20(28)8-5-17;1-2-5-8-6-3-4-7-9-8;;/h1-9,12,14,28H,10-11,13,15H2;3-4,6-7H,2,5H2,1H3;2*1H2. The third-order valence-corrected chi connectivity index (χ3v) is 7.23. The molecule has 1 aliphatic carbocycles. The van der Waals surface area contributed by atoms with Crippen LogP contribution in [0.5, 0.6) is 11.5 Å². The van der Waals surface area contributed by atoms with E-state index in [1.807, 2.05) is 60.8 Å². The van der Waals surface area contributed by atoms with Crippen LogP contribution in [0.1, 0.15) is 43.0 Å². The Hall–Kier alpha value is -3.65. The van der Waals surface area contributed by atoms with E-state index in [9.17, 15) is 4.79 Å². The van der Waals surface area contributed by atoms with Crippen LogP contribution in [-0.4, -0.2) is 28.5 Å². The van der Waals surface area contributed by atoms with Gasteiger partial charge in [0.15, 0.2) is 11.5 Å². The van der Waals surface area contributed by atoms with Crippen molar-refractivity contribution in [3.8, 4) is 22.6 Å². The molecule has 0 radical (unpaired) electrons. The summed E-state index contributed by atoms with van der Waals surface area (Å²) in [6.07, 6.45) is 6.35. The fourth-order valence-corrected chi connectivity index (χ4v) is 4.87. The van der Waals surface area contributed by atoms with Gasteiger partial charge in [-0.15, -0.1) is 12.6 Å². The molecule has 204 valence electrons. The molecule has 3 aromatic carbocycles. The molecule has 0 atom stereocenters. The summed E-state index contributed by atoms with van der Waals surface area (Å²) in [7, 11) is 0. The topological polar surface area (TPSA) is 111 Å².